The summed E-state index contributed by atoms with van der Waals surface area (Å²) in [6, 6.07) is 0. The fourth-order valence-corrected chi connectivity index (χ4v) is 3.06. The zero-order valence-electron chi connectivity index (χ0n) is 4.93. The lowest BCUT2D eigenvalue weighted by molar-refractivity contribution is -0.215. The van der Waals surface area contributed by atoms with Gasteiger partial charge in [0, 0.05) is 5.54 Å². The third-order valence-corrected chi connectivity index (χ3v) is 3.83. The summed E-state index contributed by atoms with van der Waals surface area (Å²) in [5.41, 5.74) is 6.46. The van der Waals surface area contributed by atoms with E-state index in [1.165, 1.54) is 19.3 Å². The normalized spacial score (nSPS) is 73.9. The van der Waals surface area contributed by atoms with E-state index >= 15 is 0 Å². The minimum absolute atomic E-state index is 0.417. The quantitative estimate of drug-likeness (QED) is 0.488. The molecule has 0 atom stereocenters. The number of rotatable bonds is 0. The Kier molecular flexibility index (Phi) is 0.372. The predicted octanol–water partition coefficient (Wildman–Crippen LogP) is 0.744. The molecule has 0 radical (unpaired) electrons. The van der Waals surface area contributed by atoms with Gasteiger partial charge >= 0.3 is 0 Å². The van der Waals surface area contributed by atoms with Crippen molar-refractivity contribution < 1.29 is 0 Å². The SMILES string of the molecule is NC12C3CC1CC2C3. The van der Waals surface area contributed by atoms with Crippen LogP contribution >= 0.6 is 0 Å². The first-order chi connectivity index (χ1) is 3.82. The Morgan fingerprint density at radius 2 is 1.38 bits per heavy atom. The van der Waals surface area contributed by atoms with Gasteiger partial charge in [0.2, 0.25) is 0 Å². The highest BCUT2D eigenvalue weighted by atomic mass is 15.0. The van der Waals surface area contributed by atoms with Crippen molar-refractivity contribution in [2.24, 2.45) is 23.5 Å². The van der Waals surface area contributed by atoms with Gasteiger partial charge in [-0.25, -0.2) is 0 Å². The molecule has 1 heteroatoms. The van der Waals surface area contributed by atoms with Crippen molar-refractivity contribution >= 4 is 0 Å². The number of nitrogens with two attached hydrogens (primary N) is 1. The molecule has 0 aromatic heterocycles. The first-order valence-corrected chi connectivity index (χ1v) is 3.60. The van der Waals surface area contributed by atoms with Crippen LogP contribution in [0.2, 0.25) is 0 Å². The van der Waals surface area contributed by atoms with Gasteiger partial charge in [0.25, 0.3) is 0 Å². The molecule has 0 amide bonds. The van der Waals surface area contributed by atoms with Crippen molar-refractivity contribution in [2.45, 2.75) is 24.8 Å². The van der Waals surface area contributed by atoms with Crippen LogP contribution in [-0.2, 0) is 0 Å². The summed E-state index contributed by atoms with van der Waals surface area (Å²) in [7, 11) is 0. The lowest BCUT2D eigenvalue weighted by Crippen LogP contribution is -2.81. The molecule has 1 nitrogen and oxygen atoms in total. The number of hydrogen-bond donors (Lipinski definition) is 1. The summed E-state index contributed by atoms with van der Waals surface area (Å²) in [6.07, 6.45) is 4.40. The van der Waals surface area contributed by atoms with E-state index in [2.05, 4.69) is 0 Å². The second-order valence-electron chi connectivity index (χ2n) is 3.80. The van der Waals surface area contributed by atoms with Gasteiger partial charge in [-0.2, -0.15) is 0 Å². The summed E-state index contributed by atoms with van der Waals surface area (Å²) in [4.78, 5) is 0. The van der Waals surface area contributed by atoms with E-state index in [0.29, 0.717) is 5.54 Å². The Morgan fingerprint density at radius 3 is 1.38 bits per heavy atom. The highest BCUT2D eigenvalue weighted by Gasteiger charge is 2.71. The Hall–Kier alpha value is -0.0400. The van der Waals surface area contributed by atoms with Gasteiger partial charge < -0.3 is 5.73 Å². The molecule has 8 heavy (non-hydrogen) atoms. The molecule has 3 rings (SSSR count). The standard InChI is InChI=1S/C7H11N/c8-7-4-1-5(7)3-6(7)2-4/h4-6H,1-3,8H2. The van der Waals surface area contributed by atoms with E-state index in [1.54, 1.807) is 0 Å². The Balaban J connectivity index is 2.04. The monoisotopic (exact) mass is 109 g/mol. The number of hydrogen-bond acceptors (Lipinski definition) is 1. The van der Waals surface area contributed by atoms with Crippen LogP contribution in [0.15, 0.2) is 0 Å². The van der Waals surface area contributed by atoms with Crippen LogP contribution in [0.25, 0.3) is 0 Å². The minimum atomic E-state index is 0.417. The Morgan fingerprint density at radius 1 is 1.00 bits per heavy atom. The van der Waals surface area contributed by atoms with Crippen molar-refractivity contribution in [1.29, 1.82) is 0 Å². The zero-order valence-corrected chi connectivity index (χ0v) is 4.93. The molecule has 0 aliphatic heterocycles. The van der Waals surface area contributed by atoms with Crippen LogP contribution in [0, 0.1) is 17.8 Å². The first kappa shape index (κ1) is 3.89. The smallest absolute Gasteiger partial charge is 0.0240 e. The van der Waals surface area contributed by atoms with Crippen molar-refractivity contribution in [3.8, 4) is 0 Å². The van der Waals surface area contributed by atoms with E-state index < -0.39 is 0 Å². The molecule has 3 saturated carbocycles. The van der Waals surface area contributed by atoms with Gasteiger partial charge in [-0.1, -0.05) is 0 Å². The average Bonchev–Trinajstić information content (AvgIpc) is 1.90. The van der Waals surface area contributed by atoms with Gasteiger partial charge in [-0.05, 0) is 37.0 Å². The van der Waals surface area contributed by atoms with Gasteiger partial charge in [0.15, 0.2) is 0 Å². The molecule has 3 aliphatic rings. The Bertz CT molecular complexity index is 120. The van der Waals surface area contributed by atoms with Crippen LogP contribution in [-0.4, -0.2) is 5.54 Å². The summed E-state index contributed by atoms with van der Waals surface area (Å²) in [6.45, 7) is 0. The van der Waals surface area contributed by atoms with Crippen molar-refractivity contribution in [3.05, 3.63) is 0 Å². The average molecular weight is 109 g/mol. The highest BCUT2D eigenvalue weighted by molar-refractivity contribution is 5.26. The summed E-state index contributed by atoms with van der Waals surface area (Å²) < 4.78 is 0. The maximum atomic E-state index is 6.05. The maximum absolute atomic E-state index is 6.05. The first-order valence-electron chi connectivity index (χ1n) is 3.60. The second-order valence-corrected chi connectivity index (χ2v) is 3.80. The molecule has 0 saturated heterocycles. The molecule has 2 N–H and O–H groups in total. The van der Waals surface area contributed by atoms with Crippen LogP contribution < -0.4 is 5.73 Å². The topological polar surface area (TPSA) is 26.0 Å². The van der Waals surface area contributed by atoms with Gasteiger partial charge in [0.1, 0.15) is 0 Å². The molecular formula is C7H11N. The molecule has 3 fully saturated rings. The van der Waals surface area contributed by atoms with Crippen LogP contribution in [0.4, 0.5) is 0 Å². The molecule has 0 heterocycles. The third-order valence-electron chi connectivity index (χ3n) is 3.83. The lowest BCUT2D eigenvalue weighted by atomic mass is 9.32. The summed E-state index contributed by atoms with van der Waals surface area (Å²) in [5, 5.41) is 0. The second kappa shape index (κ2) is 0.766. The van der Waals surface area contributed by atoms with Crippen molar-refractivity contribution in [3.63, 3.8) is 0 Å². The summed E-state index contributed by atoms with van der Waals surface area (Å²) >= 11 is 0. The van der Waals surface area contributed by atoms with Gasteiger partial charge in [-0.15, -0.1) is 0 Å². The maximum Gasteiger partial charge on any atom is 0.0240 e. The van der Waals surface area contributed by atoms with E-state index in [0.717, 1.165) is 17.8 Å². The van der Waals surface area contributed by atoms with Crippen LogP contribution in [0.5, 0.6) is 0 Å². The molecular weight excluding hydrogens is 98.1 g/mol. The minimum Gasteiger partial charge on any atom is -0.324 e. The van der Waals surface area contributed by atoms with E-state index in [1.807, 2.05) is 0 Å². The predicted molar refractivity (Wildman–Crippen MR) is 31.2 cm³/mol. The highest BCUT2D eigenvalue weighted by Crippen LogP contribution is 2.71. The molecule has 44 valence electrons. The van der Waals surface area contributed by atoms with Crippen molar-refractivity contribution in [1.82, 2.24) is 0 Å². The van der Waals surface area contributed by atoms with Crippen molar-refractivity contribution in [2.75, 3.05) is 0 Å². The fraction of sp³-hybridized carbons (Fsp3) is 1.00. The van der Waals surface area contributed by atoms with Gasteiger partial charge in [0.05, 0.1) is 0 Å². The summed E-state index contributed by atoms with van der Waals surface area (Å²) in [5.74, 6) is 2.89. The van der Waals surface area contributed by atoms with Crippen LogP contribution in [0.1, 0.15) is 19.3 Å². The molecule has 0 spiro atoms. The molecule has 0 bridgehead atoms. The zero-order chi connectivity index (χ0) is 5.35. The third kappa shape index (κ3) is 0.163. The van der Waals surface area contributed by atoms with E-state index in [4.69, 9.17) is 5.73 Å². The Labute approximate surface area is 49.3 Å². The molecule has 0 aromatic carbocycles. The largest absolute Gasteiger partial charge is 0.324 e. The van der Waals surface area contributed by atoms with E-state index in [-0.39, 0.29) is 0 Å². The molecule has 0 aromatic rings. The van der Waals surface area contributed by atoms with Gasteiger partial charge in [-0.3, -0.25) is 0 Å². The molecule has 3 aliphatic carbocycles. The lowest BCUT2D eigenvalue weighted by Gasteiger charge is -2.76. The fourth-order valence-electron chi connectivity index (χ4n) is 3.06. The molecule has 0 unspecified atom stereocenters. The van der Waals surface area contributed by atoms with E-state index in [9.17, 15) is 0 Å². The van der Waals surface area contributed by atoms with Crippen LogP contribution in [0.3, 0.4) is 0 Å².